The number of ether oxygens (including phenoxy) is 1. The molecule has 0 saturated carbocycles. The number of hydrogen-bond acceptors (Lipinski definition) is 5. The lowest BCUT2D eigenvalue weighted by atomic mass is 10.2. The summed E-state index contributed by atoms with van der Waals surface area (Å²) < 4.78 is 32.5. The third-order valence-electron chi connectivity index (χ3n) is 4.09. The zero-order chi connectivity index (χ0) is 19.3. The summed E-state index contributed by atoms with van der Waals surface area (Å²) in [5.41, 5.74) is 0.260. The molecule has 1 aromatic carbocycles. The van der Waals surface area contributed by atoms with Crippen molar-refractivity contribution in [1.82, 2.24) is 9.62 Å². The molecule has 7 nitrogen and oxygen atoms in total. The van der Waals surface area contributed by atoms with Crippen molar-refractivity contribution in [2.24, 2.45) is 0 Å². The van der Waals surface area contributed by atoms with E-state index in [2.05, 4.69) is 21.2 Å². The summed E-state index contributed by atoms with van der Waals surface area (Å²) in [5.74, 6) is -0.790. The van der Waals surface area contributed by atoms with Gasteiger partial charge in [-0.2, -0.15) is 4.31 Å². The second kappa shape index (κ2) is 8.96. The minimum absolute atomic E-state index is 0.0285. The Bertz CT molecular complexity index is 781. The number of nitrogens with zero attached hydrogens (tertiary/aromatic N) is 1. The van der Waals surface area contributed by atoms with Gasteiger partial charge in [0.25, 0.3) is 0 Å². The molecule has 26 heavy (non-hydrogen) atoms. The lowest BCUT2D eigenvalue weighted by molar-refractivity contribution is -0.124. The molecule has 1 aromatic rings. The predicted octanol–water partition coefficient (Wildman–Crippen LogP) is 2.31. The van der Waals surface area contributed by atoms with Crippen LogP contribution in [0.4, 0.5) is 0 Å². The molecule has 0 aromatic heterocycles. The molecule has 9 heteroatoms. The molecule has 1 N–H and O–H groups in total. The van der Waals surface area contributed by atoms with E-state index >= 15 is 0 Å². The number of amides is 1. The fourth-order valence-electron chi connectivity index (χ4n) is 2.83. The molecule has 1 fully saturated rings. The van der Waals surface area contributed by atoms with Gasteiger partial charge in [0.15, 0.2) is 0 Å². The van der Waals surface area contributed by atoms with E-state index in [9.17, 15) is 18.0 Å². The third kappa shape index (κ3) is 4.44. The molecule has 144 valence electrons. The van der Waals surface area contributed by atoms with E-state index in [1.165, 1.54) is 22.5 Å². The summed E-state index contributed by atoms with van der Waals surface area (Å²) in [6.07, 6.45) is 1.90. The number of sulfonamides is 1. The van der Waals surface area contributed by atoms with Crippen molar-refractivity contribution in [3.63, 3.8) is 0 Å². The van der Waals surface area contributed by atoms with Crippen molar-refractivity contribution in [3.05, 3.63) is 28.2 Å². The Morgan fingerprint density at radius 2 is 2.08 bits per heavy atom. The molecule has 0 spiro atoms. The molecule has 0 aliphatic carbocycles. The van der Waals surface area contributed by atoms with Crippen LogP contribution in [0.5, 0.6) is 0 Å². The van der Waals surface area contributed by atoms with Crippen molar-refractivity contribution in [2.45, 2.75) is 44.0 Å². The van der Waals surface area contributed by atoms with Crippen LogP contribution in [0.3, 0.4) is 0 Å². The van der Waals surface area contributed by atoms with Crippen LogP contribution in [0.25, 0.3) is 0 Å². The van der Waals surface area contributed by atoms with E-state index in [0.717, 1.165) is 6.42 Å². The number of halogens is 1. The second-order valence-electron chi connectivity index (χ2n) is 5.93. The Hall–Kier alpha value is -1.45. The van der Waals surface area contributed by atoms with Gasteiger partial charge in [-0.15, -0.1) is 0 Å². The minimum Gasteiger partial charge on any atom is -0.462 e. The zero-order valence-corrected chi connectivity index (χ0v) is 17.2. The number of benzene rings is 1. The van der Waals surface area contributed by atoms with Crippen LogP contribution >= 0.6 is 15.9 Å². The molecule has 1 saturated heterocycles. The Morgan fingerprint density at radius 1 is 1.35 bits per heavy atom. The van der Waals surface area contributed by atoms with Crippen LogP contribution in [0.2, 0.25) is 0 Å². The summed E-state index contributed by atoms with van der Waals surface area (Å²) in [6.45, 7) is 4.67. The molecule has 2 rings (SSSR count). The normalized spacial score (nSPS) is 17.9. The highest BCUT2D eigenvalue weighted by Crippen LogP contribution is 2.31. The van der Waals surface area contributed by atoms with Crippen LogP contribution in [0.1, 0.15) is 43.5 Å². The molecule has 0 radical (unpaired) electrons. The minimum atomic E-state index is -3.87. The Balaban J connectivity index is 2.28. The van der Waals surface area contributed by atoms with Crippen molar-refractivity contribution in [2.75, 3.05) is 19.7 Å². The molecule has 1 atom stereocenters. The zero-order valence-electron chi connectivity index (χ0n) is 14.8. The standard InChI is InChI=1S/C17H23BrN2O5S/c1-3-9-19-16(21)14-6-5-10-20(14)26(23,24)15-8-7-12(11-13(15)18)17(22)25-4-2/h7-8,11,14H,3-6,9-10H2,1-2H3,(H,19,21)/t14-/m1/s1. The highest BCUT2D eigenvalue weighted by atomic mass is 79.9. The first-order valence-electron chi connectivity index (χ1n) is 8.59. The monoisotopic (exact) mass is 446 g/mol. The first-order chi connectivity index (χ1) is 12.3. The molecule has 0 unspecified atom stereocenters. The summed E-state index contributed by atoms with van der Waals surface area (Å²) >= 11 is 3.23. The number of carbonyl (C=O) groups is 2. The topological polar surface area (TPSA) is 92.8 Å². The molecule has 1 amide bonds. The quantitative estimate of drug-likeness (QED) is 0.648. The smallest absolute Gasteiger partial charge is 0.338 e. The van der Waals surface area contributed by atoms with Gasteiger partial charge >= 0.3 is 5.97 Å². The number of carbonyl (C=O) groups excluding carboxylic acids is 2. The van der Waals surface area contributed by atoms with Crippen molar-refractivity contribution in [1.29, 1.82) is 0 Å². The van der Waals surface area contributed by atoms with Gasteiger partial charge in [0.05, 0.1) is 17.1 Å². The maximum Gasteiger partial charge on any atom is 0.338 e. The number of nitrogens with one attached hydrogen (secondary N) is 1. The van der Waals surface area contributed by atoms with Gasteiger partial charge < -0.3 is 10.1 Å². The van der Waals surface area contributed by atoms with Crippen LogP contribution in [0.15, 0.2) is 27.6 Å². The van der Waals surface area contributed by atoms with Gasteiger partial charge in [0.1, 0.15) is 6.04 Å². The van der Waals surface area contributed by atoms with Crippen molar-refractivity contribution in [3.8, 4) is 0 Å². The predicted molar refractivity (Wildman–Crippen MR) is 100 cm³/mol. The van der Waals surface area contributed by atoms with Crippen LogP contribution in [-0.2, 0) is 19.6 Å². The van der Waals surface area contributed by atoms with E-state index in [-0.39, 0.29) is 27.4 Å². The van der Waals surface area contributed by atoms with E-state index in [1.54, 1.807) is 6.92 Å². The van der Waals surface area contributed by atoms with Crippen molar-refractivity contribution >= 4 is 37.8 Å². The molecular weight excluding hydrogens is 424 g/mol. The van der Waals surface area contributed by atoms with Gasteiger partial charge in [-0.25, -0.2) is 13.2 Å². The van der Waals surface area contributed by atoms with E-state index < -0.39 is 22.0 Å². The number of rotatable bonds is 7. The average molecular weight is 447 g/mol. The lowest BCUT2D eigenvalue weighted by Crippen LogP contribution is -2.46. The maximum absolute atomic E-state index is 13.1. The fraction of sp³-hybridized carbons (Fsp3) is 0.529. The molecular formula is C17H23BrN2O5S. The first-order valence-corrected chi connectivity index (χ1v) is 10.8. The SMILES string of the molecule is CCCNC(=O)[C@H]1CCCN1S(=O)(=O)c1ccc(C(=O)OCC)cc1Br. The van der Waals surface area contributed by atoms with Crippen LogP contribution < -0.4 is 5.32 Å². The lowest BCUT2D eigenvalue weighted by Gasteiger charge is -2.24. The third-order valence-corrected chi connectivity index (χ3v) is 6.97. The van der Waals surface area contributed by atoms with Gasteiger partial charge in [0, 0.05) is 17.6 Å². The summed E-state index contributed by atoms with van der Waals surface area (Å²) in [4.78, 5) is 24.1. The summed E-state index contributed by atoms with van der Waals surface area (Å²) in [6, 6.07) is 3.50. The first kappa shape index (κ1) is 20.9. The van der Waals surface area contributed by atoms with Gasteiger partial charge in [-0.1, -0.05) is 6.92 Å². The Kier molecular flexibility index (Phi) is 7.19. The number of hydrogen-bond donors (Lipinski definition) is 1. The van der Waals surface area contributed by atoms with E-state index in [1.807, 2.05) is 6.92 Å². The highest BCUT2D eigenvalue weighted by molar-refractivity contribution is 9.10. The maximum atomic E-state index is 13.1. The molecule has 1 aliphatic heterocycles. The Morgan fingerprint density at radius 3 is 2.69 bits per heavy atom. The second-order valence-corrected chi connectivity index (χ2v) is 8.64. The molecule has 1 aliphatic rings. The largest absolute Gasteiger partial charge is 0.462 e. The van der Waals surface area contributed by atoms with Gasteiger partial charge in [0.2, 0.25) is 15.9 Å². The number of esters is 1. The van der Waals surface area contributed by atoms with E-state index in [4.69, 9.17) is 4.74 Å². The van der Waals surface area contributed by atoms with Gasteiger partial charge in [-0.3, -0.25) is 4.79 Å². The summed E-state index contributed by atoms with van der Waals surface area (Å²) in [5, 5.41) is 2.76. The van der Waals surface area contributed by atoms with E-state index in [0.29, 0.717) is 25.9 Å². The fourth-order valence-corrected chi connectivity index (χ4v) is 5.53. The average Bonchev–Trinajstić information content (AvgIpc) is 3.10. The van der Waals surface area contributed by atoms with Crippen LogP contribution in [-0.4, -0.2) is 50.3 Å². The Labute approximate surface area is 162 Å². The van der Waals surface area contributed by atoms with Gasteiger partial charge in [-0.05, 0) is 60.3 Å². The highest BCUT2D eigenvalue weighted by Gasteiger charge is 2.40. The molecule has 1 heterocycles. The van der Waals surface area contributed by atoms with Crippen molar-refractivity contribution < 1.29 is 22.7 Å². The van der Waals surface area contributed by atoms with Crippen LogP contribution in [0, 0.1) is 0 Å². The summed E-state index contributed by atoms with van der Waals surface area (Å²) in [7, 11) is -3.87. The molecule has 0 bridgehead atoms.